The van der Waals surface area contributed by atoms with Gasteiger partial charge in [0.2, 0.25) is 5.91 Å². The van der Waals surface area contributed by atoms with Crippen molar-refractivity contribution in [3.8, 4) is 0 Å². The first-order valence-electron chi connectivity index (χ1n) is 12.5. The quantitative estimate of drug-likeness (QED) is 0.714. The number of piperazine rings is 1. The van der Waals surface area contributed by atoms with Gasteiger partial charge >= 0.3 is 6.03 Å². The molecule has 4 fully saturated rings. The molecule has 1 spiro atoms. The van der Waals surface area contributed by atoms with E-state index in [9.17, 15) is 14.7 Å². The van der Waals surface area contributed by atoms with Crippen LogP contribution >= 0.6 is 11.6 Å². The van der Waals surface area contributed by atoms with Crippen LogP contribution in [0.2, 0.25) is 5.02 Å². The number of benzene rings is 1. The summed E-state index contributed by atoms with van der Waals surface area (Å²) in [6, 6.07) is 8.17. The number of piperidine rings is 1. The third kappa shape index (κ3) is 4.42. The molecule has 4 aliphatic rings. The van der Waals surface area contributed by atoms with Crippen LogP contribution in [0.1, 0.15) is 44.9 Å². The molecule has 1 aromatic carbocycles. The number of hydrogen-bond acceptors (Lipinski definition) is 4. The Bertz CT molecular complexity index is 882. The van der Waals surface area contributed by atoms with Crippen LogP contribution in [-0.2, 0) is 4.79 Å². The Labute approximate surface area is 201 Å². The van der Waals surface area contributed by atoms with Gasteiger partial charge in [-0.25, -0.2) is 4.79 Å². The van der Waals surface area contributed by atoms with Crippen LogP contribution < -0.4 is 4.90 Å². The molecule has 3 aliphatic heterocycles. The summed E-state index contributed by atoms with van der Waals surface area (Å²) in [5.41, 5.74) is 0.610. The molecule has 3 heterocycles. The molecule has 7 nitrogen and oxygen atoms in total. The first-order valence-corrected chi connectivity index (χ1v) is 12.9. The monoisotopic (exact) mass is 474 g/mol. The molecule has 180 valence electrons. The second kappa shape index (κ2) is 9.34. The van der Waals surface area contributed by atoms with E-state index < -0.39 is 5.41 Å². The lowest BCUT2D eigenvalue weighted by atomic mass is 9.78. The first-order chi connectivity index (χ1) is 16.0. The Morgan fingerprint density at radius 1 is 0.939 bits per heavy atom. The molecule has 0 bridgehead atoms. The second-order valence-corrected chi connectivity index (χ2v) is 10.6. The van der Waals surface area contributed by atoms with Crippen LogP contribution in [0.3, 0.4) is 0 Å². The molecule has 0 unspecified atom stereocenters. The van der Waals surface area contributed by atoms with E-state index in [1.54, 1.807) is 0 Å². The highest BCUT2D eigenvalue weighted by atomic mass is 35.5. The summed E-state index contributed by atoms with van der Waals surface area (Å²) in [5.74, 6) is 0.241. The van der Waals surface area contributed by atoms with E-state index in [0.29, 0.717) is 19.6 Å². The maximum absolute atomic E-state index is 13.5. The first kappa shape index (κ1) is 22.8. The third-order valence-electron chi connectivity index (χ3n) is 8.24. The summed E-state index contributed by atoms with van der Waals surface area (Å²) in [4.78, 5) is 35.1. The minimum Gasteiger partial charge on any atom is -0.393 e. The molecule has 3 saturated heterocycles. The van der Waals surface area contributed by atoms with Crippen molar-refractivity contribution in [3.63, 3.8) is 0 Å². The van der Waals surface area contributed by atoms with Gasteiger partial charge in [-0.15, -0.1) is 0 Å². The van der Waals surface area contributed by atoms with Crippen molar-refractivity contribution in [1.82, 2.24) is 14.7 Å². The average molecular weight is 475 g/mol. The topological polar surface area (TPSA) is 67.3 Å². The highest BCUT2D eigenvalue weighted by Crippen LogP contribution is 2.42. The van der Waals surface area contributed by atoms with E-state index in [4.69, 9.17) is 11.6 Å². The molecule has 8 heteroatoms. The molecule has 1 aromatic rings. The summed E-state index contributed by atoms with van der Waals surface area (Å²) in [6.07, 6.45) is 5.74. The van der Waals surface area contributed by atoms with Crippen LogP contribution in [0, 0.1) is 5.41 Å². The predicted molar refractivity (Wildman–Crippen MR) is 128 cm³/mol. The number of hydrogen-bond donors (Lipinski definition) is 1. The number of aliphatic hydroxyl groups excluding tert-OH is 1. The number of anilines is 1. The summed E-state index contributed by atoms with van der Waals surface area (Å²) >= 11 is 6.36. The Morgan fingerprint density at radius 2 is 1.67 bits per heavy atom. The van der Waals surface area contributed by atoms with Gasteiger partial charge in [0.15, 0.2) is 0 Å². The SMILES string of the molecule is O=C(N1CCN(c2ccccc2Cl)CC1)N1CCC[C@@]2(CCN([C@H]3CC[C@H](O)CC3)C2=O)C1. The van der Waals surface area contributed by atoms with Gasteiger partial charge in [0.25, 0.3) is 0 Å². The Balaban J connectivity index is 1.19. The van der Waals surface area contributed by atoms with Crippen molar-refractivity contribution in [2.45, 2.75) is 57.1 Å². The zero-order valence-corrected chi connectivity index (χ0v) is 20.1. The second-order valence-electron chi connectivity index (χ2n) is 10.2. The zero-order chi connectivity index (χ0) is 23.0. The number of amides is 3. The molecule has 0 aromatic heterocycles. The van der Waals surface area contributed by atoms with Crippen LogP contribution in [0.5, 0.6) is 0 Å². The summed E-state index contributed by atoms with van der Waals surface area (Å²) in [7, 11) is 0. The summed E-state index contributed by atoms with van der Waals surface area (Å²) in [5, 5.41) is 10.6. The van der Waals surface area contributed by atoms with Gasteiger partial charge in [0.1, 0.15) is 0 Å². The van der Waals surface area contributed by atoms with E-state index >= 15 is 0 Å². The van der Waals surface area contributed by atoms with Crippen LogP contribution in [-0.4, -0.2) is 89.7 Å². The van der Waals surface area contributed by atoms with E-state index in [1.165, 1.54) is 0 Å². The summed E-state index contributed by atoms with van der Waals surface area (Å²) in [6.45, 7) is 4.91. The van der Waals surface area contributed by atoms with Gasteiger partial charge in [0.05, 0.1) is 22.2 Å². The van der Waals surface area contributed by atoms with Gasteiger partial charge < -0.3 is 24.7 Å². The highest BCUT2D eigenvalue weighted by molar-refractivity contribution is 6.33. The molecule has 5 rings (SSSR count). The number of carbonyl (C=O) groups is 2. The number of halogens is 1. The molecule has 1 saturated carbocycles. The number of likely N-dealkylation sites (tertiary alicyclic amines) is 2. The number of rotatable bonds is 2. The highest BCUT2D eigenvalue weighted by Gasteiger charge is 2.51. The van der Waals surface area contributed by atoms with Crippen molar-refractivity contribution in [1.29, 1.82) is 0 Å². The molecule has 0 radical (unpaired) electrons. The normalized spacial score (nSPS) is 30.9. The van der Waals surface area contributed by atoms with Gasteiger partial charge in [-0.05, 0) is 57.1 Å². The standard InChI is InChI=1S/C25H35ClN4O3/c26-21-4-1-2-5-22(21)27-14-16-28(17-15-27)24(33)29-12-3-10-25(18-29)11-13-30(23(25)32)19-6-8-20(31)9-7-19/h1-2,4-5,19-20,31H,3,6-18H2/t19-,20-,25-/m1/s1. The lowest BCUT2D eigenvalue weighted by Gasteiger charge is -2.43. The lowest BCUT2D eigenvalue weighted by Crippen LogP contribution is -2.57. The van der Waals surface area contributed by atoms with Crippen LogP contribution in [0.25, 0.3) is 0 Å². The Hall–Kier alpha value is -1.99. The average Bonchev–Trinajstić information content (AvgIpc) is 3.14. The van der Waals surface area contributed by atoms with Gasteiger partial charge in [-0.1, -0.05) is 23.7 Å². The number of para-hydroxylation sites is 1. The van der Waals surface area contributed by atoms with Gasteiger partial charge in [-0.2, -0.15) is 0 Å². The molecule has 1 atom stereocenters. The van der Waals surface area contributed by atoms with Gasteiger partial charge in [-0.3, -0.25) is 4.79 Å². The van der Waals surface area contributed by atoms with E-state index in [0.717, 1.165) is 81.8 Å². The fraction of sp³-hybridized carbons (Fsp3) is 0.680. The van der Waals surface area contributed by atoms with E-state index in [-0.39, 0.29) is 24.1 Å². The van der Waals surface area contributed by atoms with Crippen molar-refractivity contribution in [2.24, 2.45) is 5.41 Å². The number of nitrogens with zero attached hydrogens (tertiary/aromatic N) is 4. The van der Waals surface area contributed by atoms with Crippen molar-refractivity contribution >= 4 is 29.2 Å². The largest absolute Gasteiger partial charge is 0.393 e. The summed E-state index contributed by atoms with van der Waals surface area (Å²) < 4.78 is 0. The van der Waals surface area contributed by atoms with E-state index in [2.05, 4.69) is 9.80 Å². The predicted octanol–water partition coefficient (Wildman–Crippen LogP) is 3.20. The van der Waals surface area contributed by atoms with Crippen molar-refractivity contribution < 1.29 is 14.7 Å². The maximum atomic E-state index is 13.5. The molecule has 1 N–H and O–H groups in total. The minimum atomic E-state index is -0.413. The minimum absolute atomic E-state index is 0.0694. The number of aliphatic hydroxyl groups is 1. The molecule has 3 amide bonds. The number of carbonyl (C=O) groups excluding carboxylic acids is 2. The van der Waals surface area contributed by atoms with Crippen LogP contribution in [0.4, 0.5) is 10.5 Å². The van der Waals surface area contributed by atoms with Crippen molar-refractivity contribution in [2.75, 3.05) is 50.7 Å². The lowest BCUT2D eigenvalue weighted by molar-refractivity contribution is -0.141. The van der Waals surface area contributed by atoms with Crippen molar-refractivity contribution in [3.05, 3.63) is 29.3 Å². The Morgan fingerprint density at radius 3 is 2.39 bits per heavy atom. The van der Waals surface area contributed by atoms with Crippen LogP contribution in [0.15, 0.2) is 24.3 Å². The zero-order valence-electron chi connectivity index (χ0n) is 19.3. The molecule has 33 heavy (non-hydrogen) atoms. The molecular weight excluding hydrogens is 440 g/mol. The smallest absolute Gasteiger partial charge is 0.320 e. The Kier molecular flexibility index (Phi) is 6.45. The fourth-order valence-corrected chi connectivity index (χ4v) is 6.54. The van der Waals surface area contributed by atoms with E-state index in [1.807, 2.05) is 34.1 Å². The number of urea groups is 1. The van der Waals surface area contributed by atoms with Gasteiger partial charge in [0, 0.05) is 51.9 Å². The molecular formula is C25H35ClN4O3. The third-order valence-corrected chi connectivity index (χ3v) is 8.56. The maximum Gasteiger partial charge on any atom is 0.320 e. The molecule has 1 aliphatic carbocycles. The fourth-order valence-electron chi connectivity index (χ4n) is 6.29.